The number of Topliss-reactive ketones (excluding diaryl/α,β-unsaturated/α-hetero) is 1. The van der Waals surface area contributed by atoms with E-state index in [2.05, 4.69) is 15.9 Å². The van der Waals surface area contributed by atoms with E-state index < -0.39 is 18.4 Å². The van der Waals surface area contributed by atoms with E-state index in [0.29, 0.717) is 15.8 Å². The van der Waals surface area contributed by atoms with Gasteiger partial charge in [-0.05, 0) is 58.4 Å². The smallest absolute Gasteiger partial charge is 0.339 e. The summed E-state index contributed by atoms with van der Waals surface area (Å²) in [5.41, 5.74) is 0.425. The topological polar surface area (TPSA) is 52.6 Å². The van der Waals surface area contributed by atoms with E-state index in [4.69, 9.17) is 9.47 Å². The molecule has 114 valence electrons. The quantitative estimate of drug-likeness (QED) is 0.598. The summed E-state index contributed by atoms with van der Waals surface area (Å²) in [7, 11) is 1.52. The van der Waals surface area contributed by atoms with E-state index in [-0.39, 0.29) is 11.3 Å². The van der Waals surface area contributed by atoms with Crippen LogP contribution in [0.15, 0.2) is 46.9 Å². The number of ketones is 1. The molecule has 0 amide bonds. The lowest BCUT2D eigenvalue weighted by atomic mass is 10.1. The number of hydrogen-bond donors (Lipinski definition) is 0. The van der Waals surface area contributed by atoms with Gasteiger partial charge in [-0.15, -0.1) is 0 Å². The van der Waals surface area contributed by atoms with E-state index in [1.165, 1.54) is 19.2 Å². The summed E-state index contributed by atoms with van der Waals surface area (Å²) in [4.78, 5) is 23.8. The highest BCUT2D eigenvalue weighted by molar-refractivity contribution is 9.10. The molecule has 2 rings (SSSR count). The van der Waals surface area contributed by atoms with Crippen molar-refractivity contribution in [1.82, 2.24) is 0 Å². The molecule has 6 heteroatoms. The zero-order chi connectivity index (χ0) is 16.1. The molecular formula is C16H12BrFO4. The minimum absolute atomic E-state index is 0.0301. The number of carbonyl (C=O) groups excluding carboxylic acids is 2. The van der Waals surface area contributed by atoms with Gasteiger partial charge in [-0.25, -0.2) is 9.18 Å². The number of methoxy groups -OCH3 is 1. The van der Waals surface area contributed by atoms with Crippen LogP contribution in [-0.2, 0) is 4.74 Å². The molecule has 0 aliphatic carbocycles. The van der Waals surface area contributed by atoms with Crippen molar-refractivity contribution < 1.29 is 23.5 Å². The largest absolute Gasteiger partial charge is 0.497 e. The monoisotopic (exact) mass is 366 g/mol. The van der Waals surface area contributed by atoms with Crippen LogP contribution in [0.5, 0.6) is 5.75 Å². The Labute approximate surface area is 135 Å². The molecule has 0 heterocycles. The fraction of sp³-hybridized carbons (Fsp3) is 0.125. The van der Waals surface area contributed by atoms with Gasteiger partial charge in [0, 0.05) is 10.0 Å². The molecular weight excluding hydrogens is 355 g/mol. The lowest BCUT2D eigenvalue weighted by molar-refractivity contribution is 0.0473. The second-order valence-electron chi connectivity index (χ2n) is 4.35. The van der Waals surface area contributed by atoms with Gasteiger partial charge in [0.1, 0.15) is 11.6 Å². The molecule has 0 aromatic heterocycles. The first kappa shape index (κ1) is 16.2. The summed E-state index contributed by atoms with van der Waals surface area (Å²) in [6.45, 7) is -0.423. The van der Waals surface area contributed by atoms with Crippen LogP contribution in [0.4, 0.5) is 4.39 Å². The lowest BCUT2D eigenvalue weighted by Crippen LogP contribution is -2.14. The van der Waals surface area contributed by atoms with Gasteiger partial charge in [0.15, 0.2) is 12.4 Å². The average molecular weight is 367 g/mol. The molecule has 0 spiro atoms. The summed E-state index contributed by atoms with van der Waals surface area (Å²) >= 11 is 3.13. The fourth-order valence-corrected chi connectivity index (χ4v) is 2.13. The molecule has 0 N–H and O–H groups in total. The first-order valence-corrected chi connectivity index (χ1v) is 7.10. The summed E-state index contributed by atoms with van der Waals surface area (Å²) in [6, 6.07) is 10.1. The highest BCUT2D eigenvalue weighted by Crippen LogP contribution is 2.19. The van der Waals surface area contributed by atoms with E-state index in [0.717, 1.165) is 6.07 Å². The van der Waals surface area contributed by atoms with Crippen LogP contribution >= 0.6 is 15.9 Å². The van der Waals surface area contributed by atoms with Crippen molar-refractivity contribution in [3.05, 3.63) is 63.9 Å². The number of ether oxygens (including phenoxy) is 2. The molecule has 0 aliphatic rings. The maximum Gasteiger partial charge on any atom is 0.339 e. The van der Waals surface area contributed by atoms with Gasteiger partial charge < -0.3 is 9.47 Å². The SMILES string of the molecule is COc1ccc(C(=O)COC(=O)c2cc(F)ccc2Br)cc1. The Balaban J connectivity index is 2.00. The van der Waals surface area contributed by atoms with Crippen molar-refractivity contribution in [2.45, 2.75) is 0 Å². The molecule has 22 heavy (non-hydrogen) atoms. The van der Waals surface area contributed by atoms with E-state index >= 15 is 0 Å². The second kappa shape index (κ2) is 7.17. The van der Waals surface area contributed by atoms with Crippen molar-refractivity contribution in [2.24, 2.45) is 0 Å². The van der Waals surface area contributed by atoms with Crippen molar-refractivity contribution >= 4 is 27.7 Å². The van der Waals surface area contributed by atoms with Gasteiger partial charge in [-0.1, -0.05) is 0 Å². The van der Waals surface area contributed by atoms with E-state index in [1.807, 2.05) is 0 Å². The Hall–Kier alpha value is -2.21. The van der Waals surface area contributed by atoms with Crippen LogP contribution in [0, 0.1) is 5.82 Å². The zero-order valence-electron chi connectivity index (χ0n) is 11.6. The Morgan fingerprint density at radius 1 is 1.14 bits per heavy atom. The predicted molar refractivity (Wildman–Crippen MR) is 81.7 cm³/mol. The van der Waals surface area contributed by atoms with E-state index in [9.17, 15) is 14.0 Å². The van der Waals surface area contributed by atoms with Gasteiger partial charge >= 0.3 is 5.97 Å². The van der Waals surface area contributed by atoms with Crippen molar-refractivity contribution in [3.63, 3.8) is 0 Å². The number of carbonyl (C=O) groups is 2. The summed E-state index contributed by atoms with van der Waals surface area (Å²) in [6.07, 6.45) is 0. The van der Waals surface area contributed by atoms with Crippen LogP contribution in [0.1, 0.15) is 20.7 Å². The maximum atomic E-state index is 13.1. The fourth-order valence-electron chi connectivity index (χ4n) is 1.72. The highest BCUT2D eigenvalue weighted by Gasteiger charge is 2.15. The van der Waals surface area contributed by atoms with Crippen molar-refractivity contribution in [2.75, 3.05) is 13.7 Å². The van der Waals surface area contributed by atoms with Crippen LogP contribution in [0.25, 0.3) is 0 Å². The van der Waals surface area contributed by atoms with Crippen molar-refractivity contribution in [3.8, 4) is 5.75 Å². The molecule has 0 saturated heterocycles. The van der Waals surface area contributed by atoms with Gasteiger partial charge in [0.2, 0.25) is 0 Å². The Morgan fingerprint density at radius 3 is 2.45 bits per heavy atom. The van der Waals surface area contributed by atoms with Gasteiger partial charge in [0.05, 0.1) is 12.7 Å². The molecule has 0 atom stereocenters. The number of hydrogen-bond acceptors (Lipinski definition) is 4. The molecule has 4 nitrogen and oxygen atoms in total. The lowest BCUT2D eigenvalue weighted by Gasteiger charge is -2.06. The Bertz CT molecular complexity index is 698. The van der Waals surface area contributed by atoms with Gasteiger partial charge in [0.25, 0.3) is 0 Å². The minimum atomic E-state index is -0.770. The second-order valence-corrected chi connectivity index (χ2v) is 5.21. The molecule has 0 saturated carbocycles. The van der Waals surface area contributed by atoms with Crippen LogP contribution in [0.3, 0.4) is 0 Å². The number of benzene rings is 2. The summed E-state index contributed by atoms with van der Waals surface area (Å²) in [5, 5.41) is 0. The summed E-state index contributed by atoms with van der Waals surface area (Å²) in [5.74, 6) is -1.06. The maximum absolute atomic E-state index is 13.1. The summed E-state index contributed by atoms with van der Waals surface area (Å²) < 4.78 is 23.4. The third kappa shape index (κ3) is 3.92. The Morgan fingerprint density at radius 2 is 1.82 bits per heavy atom. The van der Waals surface area contributed by atoms with Gasteiger partial charge in [-0.3, -0.25) is 4.79 Å². The van der Waals surface area contributed by atoms with Crippen molar-refractivity contribution in [1.29, 1.82) is 0 Å². The first-order chi connectivity index (χ1) is 10.5. The third-order valence-corrected chi connectivity index (χ3v) is 3.59. The van der Waals surface area contributed by atoms with Crippen LogP contribution in [0.2, 0.25) is 0 Å². The minimum Gasteiger partial charge on any atom is -0.497 e. The standard InChI is InChI=1S/C16H12BrFO4/c1-21-12-5-2-10(3-6-12)15(19)9-22-16(20)13-8-11(18)4-7-14(13)17/h2-8H,9H2,1H3. The third-order valence-electron chi connectivity index (χ3n) is 2.89. The number of rotatable bonds is 5. The molecule has 2 aromatic carbocycles. The first-order valence-electron chi connectivity index (χ1n) is 6.30. The molecule has 0 fully saturated rings. The number of halogens is 2. The number of esters is 1. The molecule has 2 aromatic rings. The predicted octanol–water partition coefficient (Wildman–Crippen LogP) is 3.64. The van der Waals surface area contributed by atoms with E-state index in [1.54, 1.807) is 24.3 Å². The normalized spacial score (nSPS) is 10.1. The molecule has 0 radical (unpaired) electrons. The average Bonchev–Trinajstić information content (AvgIpc) is 2.54. The van der Waals surface area contributed by atoms with Crippen LogP contribution < -0.4 is 4.74 Å². The Kier molecular flexibility index (Phi) is 5.27. The zero-order valence-corrected chi connectivity index (χ0v) is 13.2. The van der Waals surface area contributed by atoms with Crippen LogP contribution in [-0.4, -0.2) is 25.5 Å². The molecule has 0 bridgehead atoms. The highest BCUT2D eigenvalue weighted by atomic mass is 79.9. The molecule has 0 unspecified atom stereocenters. The van der Waals surface area contributed by atoms with Gasteiger partial charge in [-0.2, -0.15) is 0 Å². The molecule has 0 aliphatic heterocycles.